The Balaban J connectivity index is 2.73. The van der Waals surface area contributed by atoms with Gasteiger partial charge < -0.3 is 15.5 Å². The molecule has 1 aromatic carbocycles. The van der Waals surface area contributed by atoms with E-state index in [1.807, 2.05) is 6.92 Å². The van der Waals surface area contributed by atoms with Gasteiger partial charge in [0.15, 0.2) is 0 Å². The van der Waals surface area contributed by atoms with Crippen LogP contribution in [0.2, 0.25) is 5.02 Å². The Morgan fingerprint density at radius 1 is 1.33 bits per heavy atom. The number of nitrogens with one attached hydrogen (secondary N) is 1. The molecule has 0 fully saturated rings. The number of rotatable bonds is 5. The van der Waals surface area contributed by atoms with Gasteiger partial charge in [0, 0.05) is 5.02 Å². The van der Waals surface area contributed by atoms with Gasteiger partial charge in [0.1, 0.15) is 0 Å². The number of halogens is 1. The van der Waals surface area contributed by atoms with E-state index in [1.165, 1.54) is 0 Å². The zero-order valence-electron chi connectivity index (χ0n) is 8.65. The molecule has 0 aliphatic rings. The van der Waals surface area contributed by atoms with Gasteiger partial charge in [-0.1, -0.05) is 30.7 Å². The van der Waals surface area contributed by atoms with E-state index < -0.39 is 6.10 Å². The highest BCUT2D eigenvalue weighted by Crippen LogP contribution is 2.19. The number of hydrogen-bond acceptors (Lipinski definition) is 3. The molecule has 2 unspecified atom stereocenters. The van der Waals surface area contributed by atoms with Crippen LogP contribution in [-0.4, -0.2) is 29.4 Å². The van der Waals surface area contributed by atoms with E-state index in [9.17, 15) is 5.11 Å². The number of aliphatic hydroxyl groups is 2. The topological polar surface area (TPSA) is 52.5 Å². The van der Waals surface area contributed by atoms with Crippen LogP contribution in [0.3, 0.4) is 0 Å². The van der Waals surface area contributed by atoms with Crippen LogP contribution in [0.1, 0.15) is 18.6 Å². The molecule has 0 aliphatic heterocycles. The summed E-state index contributed by atoms with van der Waals surface area (Å²) >= 11 is 5.74. The van der Waals surface area contributed by atoms with E-state index in [-0.39, 0.29) is 12.6 Å². The quantitative estimate of drug-likeness (QED) is 0.715. The van der Waals surface area contributed by atoms with Gasteiger partial charge in [0.05, 0.1) is 18.8 Å². The first-order chi connectivity index (χ1) is 7.19. The summed E-state index contributed by atoms with van der Waals surface area (Å²) < 4.78 is 0. The van der Waals surface area contributed by atoms with Crippen LogP contribution in [0.25, 0.3) is 0 Å². The fourth-order valence-electron chi connectivity index (χ4n) is 1.43. The fourth-order valence-corrected chi connectivity index (χ4v) is 1.56. The molecule has 15 heavy (non-hydrogen) atoms. The predicted molar refractivity (Wildman–Crippen MR) is 61.0 cm³/mol. The van der Waals surface area contributed by atoms with Gasteiger partial charge in [-0.3, -0.25) is 0 Å². The number of benzene rings is 1. The van der Waals surface area contributed by atoms with Crippen molar-refractivity contribution in [1.82, 2.24) is 5.32 Å². The lowest BCUT2D eigenvalue weighted by Gasteiger charge is -2.21. The summed E-state index contributed by atoms with van der Waals surface area (Å²) in [6.45, 7) is 2.53. The van der Waals surface area contributed by atoms with Crippen LogP contribution in [-0.2, 0) is 0 Å². The van der Waals surface area contributed by atoms with Gasteiger partial charge in [0.25, 0.3) is 0 Å². The van der Waals surface area contributed by atoms with Crippen LogP contribution in [0.5, 0.6) is 0 Å². The lowest BCUT2D eigenvalue weighted by molar-refractivity contribution is 0.0911. The van der Waals surface area contributed by atoms with Gasteiger partial charge in [-0.05, 0) is 24.2 Å². The molecule has 0 bridgehead atoms. The highest BCUT2D eigenvalue weighted by atomic mass is 35.5. The first kappa shape index (κ1) is 12.5. The molecule has 0 aliphatic carbocycles. The minimum absolute atomic E-state index is 0.0996. The van der Waals surface area contributed by atoms with Crippen molar-refractivity contribution in [2.24, 2.45) is 0 Å². The van der Waals surface area contributed by atoms with Gasteiger partial charge in [-0.25, -0.2) is 0 Å². The maximum Gasteiger partial charge on any atom is 0.0965 e. The first-order valence-electron chi connectivity index (χ1n) is 4.96. The second kappa shape index (κ2) is 6.08. The molecule has 0 spiro atoms. The second-order valence-electron chi connectivity index (χ2n) is 3.34. The Kier molecular flexibility index (Phi) is 5.05. The zero-order valence-corrected chi connectivity index (χ0v) is 9.41. The lowest BCUT2D eigenvalue weighted by Crippen LogP contribution is -2.37. The molecule has 84 valence electrons. The Hall–Kier alpha value is -0.610. The molecule has 0 amide bonds. The molecule has 1 rings (SSSR count). The lowest BCUT2D eigenvalue weighted by atomic mass is 10.0. The van der Waals surface area contributed by atoms with Crippen LogP contribution >= 0.6 is 11.6 Å². The molecule has 2 atom stereocenters. The molecule has 0 saturated heterocycles. The van der Waals surface area contributed by atoms with Crippen LogP contribution in [0, 0.1) is 0 Å². The molecule has 1 aromatic rings. The van der Waals surface area contributed by atoms with E-state index >= 15 is 0 Å². The summed E-state index contributed by atoms with van der Waals surface area (Å²) in [4.78, 5) is 0. The van der Waals surface area contributed by atoms with Gasteiger partial charge in [-0.2, -0.15) is 0 Å². The number of hydrogen-bond donors (Lipinski definition) is 3. The third-order valence-corrected chi connectivity index (χ3v) is 2.51. The predicted octanol–water partition coefficient (Wildman–Crippen LogP) is 1.34. The van der Waals surface area contributed by atoms with Gasteiger partial charge >= 0.3 is 0 Å². The van der Waals surface area contributed by atoms with E-state index in [1.54, 1.807) is 24.3 Å². The normalized spacial score (nSPS) is 14.9. The van der Waals surface area contributed by atoms with Crippen molar-refractivity contribution in [2.75, 3.05) is 13.2 Å². The Morgan fingerprint density at radius 2 is 1.93 bits per heavy atom. The molecule has 0 aromatic heterocycles. The molecule has 3 nitrogen and oxygen atoms in total. The summed E-state index contributed by atoms with van der Waals surface area (Å²) in [7, 11) is 0. The molecule has 3 N–H and O–H groups in total. The molecule has 0 radical (unpaired) electrons. The third-order valence-electron chi connectivity index (χ3n) is 2.26. The van der Waals surface area contributed by atoms with Gasteiger partial charge in [-0.15, -0.1) is 0 Å². The van der Waals surface area contributed by atoms with Crippen molar-refractivity contribution in [3.8, 4) is 0 Å². The Morgan fingerprint density at radius 3 is 2.40 bits per heavy atom. The summed E-state index contributed by atoms with van der Waals surface area (Å²) in [6, 6.07) is 6.62. The van der Waals surface area contributed by atoms with Gasteiger partial charge in [0.2, 0.25) is 0 Å². The van der Waals surface area contributed by atoms with Crippen molar-refractivity contribution in [2.45, 2.75) is 19.1 Å². The largest absolute Gasteiger partial charge is 0.395 e. The van der Waals surface area contributed by atoms with Crippen molar-refractivity contribution >= 4 is 11.6 Å². The Bertz CT molecular complexity index is 289. The summed E-state index contributed by atoms with van der Waals surface area (Å²) in [5.74, 6) is 0. The SMILES string of the molecule is CCNC(CO)C(O)c1ccc(Cl)cc1. The zero-order chi connectivity index (χ0) is 11.3. The highest BCUT2D eigenvalue weighted by Gasteiger charge is 2.18. The van der Waals surface area contributed by atoms with Crippen molar-refractivity contribution in [3.63, 3.8) is 0 Å². The van der Waals surface area contributed by atoms with Crippen LogP contribution in [0.4, 0.5) is 0 Å². The van der Waals surface area contributed by atoms with E-state index in [0.29, 0.717) is 11.6 Å². The minimum atomic E-state index is -0.716. The average molecular weight is 230 g/mol. The van der Waals surface area contributed by atoms with Crippen molar-refractivity contribution < 1.29 is 10.2 Å². The minimum Gasteiger partial charge on any atom is -0.395 e. The smallest absolute Gasteiger partial charge is 0.0965 e. The number of aliphatic hydroxyl groups excluding tert-OH is 2. The number of likely N-dealkylation sites (N-methyl/N-ethyl adjacent to an activating group) is 1. The van der Waals surface area contributed by atoms with E-state index in [2.05, 4.69) is 5.32 Å². The molecule has 0 heterocycles. The standard InChI is InChI=1S/C11H16ClNO2/c1-2-13-10(7-14)11(15)8-3-5-9(12)6-4-8/h3-6,10-11,13-15H,2,7H2,1H3. The second-order valence-corrected chi connectivity index (χ2v) is 3.78. The summed E-state index contributed by atoms with van der Waals surface area (Å²) in [5, 5.41) is 22.7. The molecular formula is C11H16ClNO2. The summed E-state index contributed by atoms with van der Waals surface area (Å²) in [6.07, 6.45) is -0.716. The average Bonchev–Trinajstić information content (AvgIpc) is 2.26. The third kappa shape index (κ3) is 3.47. The maximum absolute atomic E-state index is 9.94. The molecule has 0 saturated carbocycles. The summed E-state index contributed by atoms with van der Waals surface area (Å²) in [5.41, 5.74) is 0.749. The fraction of sp³-hybridized carbons (Fsp3) is 0.455. The molecule has 4 heteroatoms. The first-order valence-corrected chi connectivity index (χ1v) is 5.34. The van der Waals surface area contributed by atoms with Crippen molar-refractivity contribution in [1.29, 1.82) is 0 Å². The Labute approximate surface area is 94.7 Å². The maximum atomic E-state index is 9.94. The van der Waals surface area contributed by atoms with Crippen molar-refractivity contribution in [3.05, 3.63) is 34.9 Å². The van der Waals surface area contributed by atoms with Crippen LogP contribution < -0.4 is 5.32 Å². The van der Waals surface area contributed by atoms with E-state index in [4.69, 9.17) is 16.7 Å². The highest BCUT2D eigenvalue weighted by molar-refractivity contribution is 6.30. The monoisotopic (exact) mass is 229 g/mol. The van der Waals surface area contributed by atoms with E-state index in [0.717, 1.165) is 5.56 Å². The molecular weight excluding hydrogens is 214 g/mol. The van der Waals surface area contributed by atoms with Crippen LogP contribution in [0.15, 0.2) is 24.3 Å².